The van der Waals surface area contributed by atoms with E-state index in [2.05, 4.69) is 12.2 Å². The van der Waals surface area contributed by atoms with Crippen LogP contribution in [0.3, 0.4) is 0 Å². The van der Waals surface area contributed by atoms with Gasteiger partial charge in [-0.3, -0.25) is 14.2 Å². The fourth-order valence-corrected chi connectivity index (χ4v) is 5.51. The Hall–Kier alpha value is -4.43. The van der Waals surface area contributed by atoms with Gasteiger partial charge in [0.05, 0.1) is 35.6 Å². The Labute approximate surface area is 230 Å². The number of carbonyl (C=O) groups is 1. The van der Waals surface area contributed by atoms with Crippen LogP contribution in [0.4, 0.5) is 5.69 Å². The molecule has 8 heteroatoms. The number of rotatable bonds is 8. The highest BCUT2D eigenvalue weighted by Gasteiger charge is 2.32. The maximum absolute atomic E-state index is 13.8. The molecule has 39 heavy (non-hydrogen) atoms. The van der Waals surface area contributed by atoms with E-state index in [9.17, 15) is 9.59 Å². The van der Waals surface area contributed by atoms with Crippen LogP contribution in [0.1, 0.15) is 37.4 Å². The topological polar surface area (TPSA) is 81.9 Å². The van der Waals surface area contributed by atoms with Gasteiger partial charge in [-0.25, -0.2) is 4.99 Å². The monoisotopic (exact) mass is 539 g/mol. The fraction of sp³-hybridized carbons (Fsp3) is 0.194. The first kappa shape index (κ1) is 26.2. The van der Waals surface area contributed by atoms with E-state index in [4.69, 9.17) is 14.5 Å². The van der Waals surface area contributed by atoms with Crippen LogP contribution < -0.4 is 29.7 Å². The van der Waals surface area contributed by atoms with Gasteiger partial charge in [0.1, 0.15) is 11.5 Å². The van der Waals surface area contributed by atoms with Crippen LogP contribution in [0.5, 0.6) is 11.5 Å². The van der Waals surface area contributed by atoms with Crippen LogP contribution in [0.2, 0.25) is 0 Å². The zero-order chi connectivity index (χ0) is 27.4. The molecule has 5 rings (SSSR count). The van der Waals surface area contributed by atoms with Crippen molar-refractivity contribution in [3.63, 3.8) is 0 Å². The van der Waals surface area contributed by atoms with Crippen molar-refractivity contribution in [3.8, 4) is 11.5 Å². The predicted molar refractivity (Wildman–Crippen MR) is 154 cm³/mol. The van der Waals surface area contributed by atoms with Crippen LogP contribution in [-0.4, -0.2) is 24.2 Å². The lowest BCUT2D eigenvalue weighted by Gasteiger charge is -2.25. The number of methoxy groups -OCH3 is 1. The summed E-state index contributed by atoms with van der Waals surface area (Å²) in [5, 5.41) is 2.97. The Bertz CT molecular complexity index is 1690. The highest BCUT2D eigenvalue weighted by atomic mass is 32.1. The highest BCUT2D eigenvalue weighted by molar-refractivity contribution is 7.07. The molecular formula is C31H29N3O4S. The second kappa shape index (κ2) is 11.5. The van der Waals surface area contributed by atoms with Crippen molar-refractivity contribution >= 4 is 29.0 Å². The lowest BCUT2D eigenvalue weighted by molar-refractivity contribution is -0.113. The molecule has 3 aromatic carbocycles. The van der Waals surface area contributed by atoms with Gasteiger partial charge in [-0.2, -0.15) is 0 Å². The number of hydrogen-bond acceptors (Lipinski definition) is 6. The number of amides is 1. The third-order valence-corrected chi connectivity index (χ3v) is 7.36. The van der Waals surface area contributed by atoms with Crippen molar-refractivity contribution in [3.05, 3.63) is 121 Å². The summed E-state index contributed by atoms with van der Waals surface area (Å²) in [4.78, 5) is 32.7. The second-order valence-corrected chi connectivity index (χ2v) is 10.1. The molecule has 1 aromatic heterocycles. The van der Waals surface area contributed by atoms with Crippen molar-refractivity contribution < 1.29 is 14.3 Å². The summed E-state index contributed by atoms with van der Waals surface area (Å²) in [7, 11) is 1.60. The summed E-state index contributed by atoms with van der Waals surface area (Å²) < 4.78 is 13.2. The number of ether oxygens (including phenoxy) is 2. The minimum absolute atomic E-state index is 0.205. The summed E-state index contributed by atoms with van der Waals surface area (Å²) in [5.74, 6) is 1.17. The standard InChI is InChI=1S/C31H29N3O4S/c1-4-18-38-25-14-10-21(11-15-25)19-26-30(36)34-28(22-12-16-24(37-3)17-13-22)27(20(2)32-31(34)39-26)29(35)33-23-8-6-5-7-9-23/h5-17,19,28H,4,18H2,1-3H3,(H,33,35)/b26-19-/t28-/m1/s1. The summed E-state index contributed by atoms with van der Waals surface area (Å²) in [6.45, 7) is 4.52. The first-order valence-electron chi connectivity index (χ1n) is 12.7. The zero-order valence-corrected chi connectivity index (χ0v) is 22.8. The van der Waals surface area contributed by atoms with Gasteiger partial charge in [0, 0.05) is 5.69 Å². The van der Waals surface area contributed by atoms with E-state index in [-0.39, 0.29) is 11.5 Å². The molecule has 1 aliphatic heterocycles. The lowest BCUT2D eigenvalue weighted by Crippen LogP contribution is -2.40. The average Bonchev–Trinajstić information content (AvgIpc) is 3.26. The fourth-order valence-electron chi connectivity index (χ4n) is 4.46. The molecule has 0 aliphatic carbocycles. The molecule has 0 bridgehead atoms. The van der Waals surface area contributed by atoms with Gasteiger partial charge in [-0.15, -0.1) is 0 Å². The molecule has 1 atom stereocenters. The van der Waals surface area contributed by atoms with E-state index >= 15 is 0 Å². The summed E-state index contributed by atoms with van der Waals surface area (Å²) in [6.07, 6.45) is 2.78. The molecule has 0 saturated heterocycles. The van der Waals surface area contributed by atoms with Crippen molar-refractivity contribution in [1.82, 2.24) is 4.57 Å². The number of nitrogens with zero attached hydrogens (tertiary/aromatic N) is 2. The largest absolute Gasteiger partial charge is 0.497 e. The maximum atomic E-state index is 13.8. The van der Waals surface area contributed by atoms with Gasteiger partial charge < -0.3 is 14.8 Å². The Kier molecular flexibility index (Phi) is 7.74. The first-order chi connectivity index (χ1) is 19.0. The molecule has 0 radical (unpaired) electrons. The van der Waals surface area contributed by atoms with Gasteiger partial charge in [0.25, 0.3) is 11.5 Å². The molecule has 0 spiro atoms. The van der Waals surface area contributed by atoms with Crippen LogP contribution >= 0.6 is 11.3 Å². The summed E-state index contributed by atoms with van der Waals surface area (Å²) >= 11 is 1.31. The number of anilines is 1. The van der Waals surface area contributed by atoms with Gasteiger partial charge in [-0.1, -0.05) is 60.7 Å². The number of benzene rings is 3. The molecule has 2 heterocycles. The number of fused-ring (bicyclic) bond motifs is 1. The second-order valence-electron chi connectivity index (χ2n) is 9.09. The van der Waals surface area contributed by atoms with E-state index in [1.54, 1.807) is 11.7 Å². The van der Waals surface area contributed by atoms with Crippen molar-refractivity contribution in [2.24, 2.45) is 4.99 Å². The third-order valence-electron chi connectivity index (χ3n) is 6.38. The third kappa shape index (κ3) is 5.56. The Morgan fingerprint density at radius 3 is 2.38 bits per heavy atom. The molecule has 1 N–H and O–H groups in total. The number of allylic oxidation sites excluding steroid dienone is 1. The van der Waals surface area contributed by atoms with Crippen LogP contribution in [-0.2, 0) is 4.79 Å². The van der Waals surface area contributed by atoms with Crippen LogP contribution in [0, 0.1) is 0 Å². The smallest absolute Gasteiger partial charge is 0.271 e. The van der Waals surface area contributed by atoms with E-state index in [1.807, 2.05) is 91.9 Å². The number of para-hydroxylation sites is 1. The number of aromatic nitrogens is 1. The highest BCUT2D eigenvalue weighted by Crippen LogP contribution is 2.31. The molecule has 0 saturated carbocycles. The maximum Gasteiger partial charge on any atom is 0.271 e. The van der Waals surface area contributed by atoms with Gasteiger partial charge in [0.2, 0.25) is 0 Å². The Balaban J connectivity index is 1.60. The molecule has 7 nitrogen and oxygen atoms in total. The number of thiazole rings is 1. The SMILES string of the molecule is CCCOc1ccc(/C=c2\sc3n(c2=O)[C@H](c2ccc(OC)cc2)C(C(=O)Nc2ccccc2)=C(C)N=3)cc1. The van der Waals surface area contributed by atoms with Crippen molar-refractivity contribution in [1.29, 1.82) is 0 Å². The molecule has 0 unspecified atom stereocenters. The van der Waals surface area contributed by atoms with Crippen LogP contribution in [0.25, 0.3) is 6.08 Å². The molecule has 1 aliphatic rings. The van der Waals surface area contributed by atoms with Crippen LogP contribution in [0.15, 0.2) is 99.9 Å². The van der Waals surface area contributed by atoms with E-state index in [1.165, 1.54) is 11.3 Å². The Morgan fingerprint density at radius 2 is 1.72 bits per heavy atom. The van der Waals surface area contributed by atoms with E-state index < -0.39 is 6.04 Å². The van der Waals surface area contributed by atoms with Gasteiger partial charge >= 0.3 is 0 Å². The lowest BCUT2D eigenvalue weighted by atomic mass is 9.95. The molecule has 0 fully saturated rings. The zero-order valence-electron chi connectivity index (χ0n) is 22.0. The van der Waals surface area contributed by atoms with Gasteiger partial charge in [0.15, 0.2) is 4.80 Å². The average molecular weight is 540 g/mol. The number of carbonyl (C=O) groups excluding carboxylic acids is 1. The number of nitrogens with one attached hydrogen (secondary N) is 1. The number of hydrogen-bond donors (Lipinski definition) is 1. The molecular weight excluding hydrogens is 510 g/mol. The quantitative estimate of drug-likeness (QED) is 0.353. The van der Waals surface area contributed by atoms with E-state index in [0.717, 1.165) is 23.3 Å². The van der Waals surface area contributed by atoms with E-state index in [0.29, 0.717) is 38.6 Å². The normalized spacial score (nSPS) is 14.9. The Morgan fingerprint density at radius 1 is 1.03 bits per heavy atom. The minimum atomic E-state index is -0.650. The summed E-state index contributed by atoms with van der Waals surface area (Å²) in [5.41, 5.74) is 3.11. The molecule has 198 valence electrons. The molecule has 1 amide bonds. The van der Waals surface area contributed by atoms with Crippen molar-refractivity contribution in [2.45, 2.75) is 26.3 Å². The van der Waals surface area contributed by atoms with Gasteiger partial charge in [-0.05, 0) is 66.9 Å². The van der Waals surface area contributed by atoms with Crippen molar-refractivity contribution in [2.75, 3.05) is 19.0 Å². The molecule has 4 aromatic rings. The first-order valence-corrected chi connectivity index (χ1v) is 13.6. The minimum Gasteiger partial charge on any atom is -0.497 e. The summed E-state index contributed by atoms with van der Waals surface area (Å²) in [6, 6.07) is 23.7. The predicted octanol–water partition coefficient (Wildman–Crippen LogP) is 4.67.